The normalized spacial score (nSPS) is 17.0. The number of nitrogens with zero attached hydrogens (tertiary/aromatic N) is 1. The van der Waals surface area contributed by atoms with E-state index < -0.39 is 0 Å². The highest BCUT2D eigenvalue weighted by atomic mass is 16.7. The Balaban J connectivity index is 2.35. The van der Waals surface area contributed by atoms with Gasteiger partial charge >= 0.3 is 0 Å². The van der Waals surface area contributed by atoms with Gasteiger partial charge in [0.15, 0.2) is 11.5 Å². The maximum absolute atomic E-state index is 5.95. The van der Waals surface area contributed by atoms with Crippen LogP contribution in [0.4, 0.5) is 0 Å². The summed E-state index contributed by atoms with van der Waals surface area (Å²) in [6, 6.07) is 4.61. The Kier molecular flexibility index (Phi) is 3.78. The minimum Gasteiger partial charge on any atom is -0.454 e. The summed E-state index contributed by atoms with van der Waals surface area (Å²) in [6.45, 7) is 4.46. The van der Waals surface area contributed by atoms with Crippen molar-refractivity contribution < 1.29 is 9.47 Å². The quantitative estimate of drug-likeness (QED) is 0.888. The Hall–Kier alpha value is -1.26. The molecule has 100 valence electrons. The first-order valence-corrected chi connectivity index (χ1v) is 6.31. The molecule has 18 heavy (non-hydrogen) atoms. The van der Waals surface area contributed by atoms with Gasteiger partial charge < -0.3 is 20.1 Å². The maximum atomic E-state index is 5.95. The number of benzene rings is 1. The zero-order chi connectivity index (χ0) is 13.3. The molecule has 1 aromatic carbocycles. The summed E-state index contributed by atoms with van der Waals surface area (Å²) in [7, 11) is 4.16. The van der Waals surface area contributed by atoms with Crippen LogP contribution in [0, 0.1) is 6.92 Å². The van der Waals surface area contributed by atoms with Crippen LogP contribution >= 0.6 is 0 Å². The van der Waals surface area contributed by atoms with Gasteiger partial charge in [-0.05, 0) is 57.6 Å². The van der Waals surface area contributed by atoms with E-state index in [1.54, 1.807) is 0 Å². The number of aryl methyl sites for hydroxylation is 1. The molecular formula is C14H22N2O2. The van der Waals surface area contributed by atoms with Gasteiger partial charge in [0.2, 0.25) is 6.79 Å². The van der Waals surface area contributed by atoms with Crippen LogP contribution in [0.25, 0.3) is 0 Å². The van der Waals surface area contributed by atoms with Crippen LogP contribution in [-0.4, -0.2) is 31.8 Å². The molecule has 2 atom stereocenters. The van der Waals surface area contributed by atoms with Crippen molar-refractivity contribution in [2.75, 3.05) is 20.9 Å². The molecule has 0 spiro atoms. The van der Waals surface area contributed by atoms with Gasteiger partial charge in [-0.25, -0.2) is 0 Å². The van der Waals surface area contributed by atoms with E-state index in [1.165, 1.54) is 11.1 Å². The van der Waals surface area contributed by atoms with Crippen LogP contribution in [-0.2, 0) is 0 Å². The van der Waals surface area contributed by atoms with Crippen molar-refractivity contribution in [1.82, 2.24) is 4.90 Å². The Morgan fingerprint density at radius 3 is 2.44 bits per heavy atom. The van der Waals surface area contributed by atoms with Gasteiger partial charge in [-0.2, -0.15) is 0 Å². The summed E-state index contributed by atoms with van der Waals surface area (Å²) in [5.41, 5.74) is 8.43. The number of ether oxygens (including phenoxy) is 2. The maximum Gasteiger partial charge on any atom is 0.231 e. The summed E-state index contributed by atoms with van der Waals surface area (Å²) in [5.74, 6) is 1.68. The summed E-state index contributed by atoms with van der Waals surface area (Å²) in [4.78, 5) is 2.20. The first-order valence-electron chi connectivity index (χ1n) is 6.31. The van der Waals surface area contributed by atoms with Crippen LogP contribution in [0.15, 0.2) is 12.1 Å². The molecule has 0 saturated heterocycles. The van der Waals surface area contributed by atoms with Gasteiger partial charge in [-0.3, -0.25) is 0 Å². The zero-order valence-electron chi connectivity index (χ0n) is 11.6. The first kappa shape index (κ1) is 13.2. The average molecular weight is 250 g/mol. The number of rotatable bonds is 4. The fourth-order valence-electron chi connectivity index (χ4n) is 2.39. The van der Waals surface area contributed by atoms with E-state index >= 15 is 0 Å². The van der Waals surface area contributed by atoms with E-state index in [2.05, 4.69) is 38.1 Å². The van der Waals surface area contributed by atoms with Gasteiger partial charge in [-0.15, -0.1) is 0 Å². The molecule has 4 nitrogen and oxygen atoms in total. The summed E-state index contributed by atoms with van der Waals surface area (Å²) in [6.07, 6.45) is 0.924. The number of hydrogen-bond donors (Lipinski definition) is 1. The van der Waals surface area contributed by atoms with Crippen molar-refractivity contribution in [3.8, 4) is 11.5 Å². The van der Waals surface area contributed by atoms with E-state index in [0.717, 1.165) is 17.9 Å². The van der Waals surface area contributed by atoms with E-state index in [-0.39, 0.29) is 6.04 Å². The van der Waals surface area contributed by atoms with E-state index in [1.807, 2.05) is 6.92 Å². The number of nitrogens with two attached hydrogens (primary N) is 1. The summed E-state index contributed by atoms with van der Waals surface area (Å²) in [5, 5.41) is 0. The highest BCUT2D eigenvalue weighted by molar-refractivity contribution is 5.49. The van der Waals surface area contributed by atoms with E-state index in [0.29, 0.717) is 12.8 Å². The molecule has 1 heterocycles. The second-order valence-corrected chi connectivity index (χ2v) is 5.25. The monoisotopic (exact) mass is 250 g/mol. The molecule has 2 N–H and O–H groups in total. The zero-order valence-corrected chi connectivity index (χ0v) is 11.6. The van der Waals surface area contributed by atoms with Crippen molar-refractivity contribution in [3.05, 3.63) is 23.3 Å². The summed E-state index contributed by atoms with van der Waals surface area (Å²) >= 11 is 0. The van der Waals surface area contributed by atoms with Crippen LogP contribution < -0.4 is 15.2 Å². The lowest BCUT2D eigenvalue weighted by Gasteiger charge is -2.28. The molecule has 1 aliphatic rings. The third kappa shape index (κ3) is 2.60. The lowest BCUT2D eigenvalue weighted by Crippen LogP contribution is -2.28. The van der Waals surface area contributed by atoms with Gasteiger partial charge in [0, 0.05) is 12.1 Å². The first-order chi connectivity index (χ1) is 8.49. The largest absolute Gasteiger partial charge is 0.454 e. The van der Waals surface area contributed by atoms with Crippen molar-refractivity contribution in [2.24, 2.45) is 5.73 Å². The highest BCUT2D eigenvalue weighted by Crippen LogP contribution is 2.38. The molecule has 0 amide bonds. The number of hydrogen-bond acceptors (Lipinski definition) is 4. The molecule has 0 bridgehead atoms. The van der Waals surface area contributed by atoms with Crippen molar-refractivity contribution >= 4 is 0 Å². The fourth-order valence-corrected chi connectivity index (χ4v) is 2.39. The smallest absolute Gasteiger partial charge is 0.231 e. The molecule has 0 aliphatic carbocycles. The highest BCUT2D eigenvalue weighted by Gasteiger charge is 2.22. The van der Waals surface area contributed by atoms with Crippen LogP contribution in [0.1, 0.15) is 30.5 Å². The lowest BCUT2D eigenvalue weighted by molar-refractivity contribution is 0.174. The Morgan fingerprint density at radius 2 is 1.89 bits per heavy atom. The van der Waals surface area contributed by atoms with Gasteiger partial charge in [0.05, 0.1) is 0 Å². The predicted molar refractivity (Wildman–Crippen MR) is 72.0 cm³/mol. The molecule has 4 heteroatoms. The fraction of sp³-hybridized carbons (Fsp3) is 0.571. The van der Waals surface area contributed by atoms with Crippen LogP contribution in [0.3, 0.4) is 0 Å². The third-order valence-corrected chi connectivity index (χ3v) is 3.34. The Labute approximate surface area is 109 Å². The Morgan fingerprint density at radius 1 is 1.28 bits per heavy atom. The second-order valence-electron chi connectivity index (χ2n) is 5.25. The molecule has 1 aliphatic heterocycles. The molecule has 0 radical (unpaired) electrons. The Bertz CT molecular complexity index is 430. The van der Waals surface area contributed by atoms with Crippen molar-refractivity contribution in [1.29, 1.82) is 0 Å². The molecule has 1 aromatic rings. The average Bonchev–Trinajstić information content (AvgIpc) is 2.71. The molecular weight excluding hydrogens is 228 g/mol. The van der Waals surface area contributed by atoms with Gasteiger partial charge in [0.25, 0.3) is 0 Å². The SMILES string of the molecule is Cc1cc2c(cc1C(CC(C)N)N(C)C)OCO2. The van der Waals surface area contributed by atoms with E-state index in [9.17, 15) is 0 Å². The summed E-state index contributed by atoms with van der Waals surface area (Å²) < 4.78 is 10.9. The lowest BCUT2D eigenvalue weighted by atomic mass is 9.95. The van der Waals surface area contributed by atoms with Crippen molar-refractivity contribution in [3.63, 3.8) is 0 Å². The third-order valence-electron chi connectivity index (χ3n) is 3.34. The van der Waals surface area contributed by atoms with Gasteiger partial charge in [-0.1, -0.05) is 0 Å². The predicted octanol–water partition coefficient (Wildman–Crippen LogP) is 2.06. The molecule has 0 fully saturated rings. The molecule has 2 rings (SSSR count). The van der Waals surface area contributed by atoms with Gasteiger partial charge in [0.1, 0.15) is 0 Å². The number of fused-ring (bicyclic) bond motifs is 1. The molecule has 2 unspecified atom stereocenters. The minimum absolute atomic E-state index is 0.169. The second kappa shape index (κ2) is 5.16. The standard InChI is InChI=1S/C14H22N2O2/c1-9-5-13-14(18-8-17-13)7-11(9)12(16(3)4)6-10(2)15/h5,7,10,12H,6,8,15H2,1-4H3. The van der Waals surface area contributed by atoms with Crippen molar-refractivity contribution in [2.45, 2.75) is 32.4 Å². The topological polar surface area (TPSA) is 47.7 Å². The molecule has 0 aromatic heterocycles. The van der Waals surface area contributed by atoms with Crippen LogP contribution in [0.2, 0.25) is 0 Å². The van der Waals surface area contributed by atoms with Crippen LogP contribution in [0.5, 0.6) is 11.5 Å². The minimum atomic E-state index is 0.169. The molecule has 0 saturated carbocycles. The van der Waals surface area contributed by atoms with E-state index in [4.69, 9.17) is 15.2 Å².